The zero-order valence-corrected chi connectivity index (χ0v) is 10.2. The van der Waals surface area contributed by atoms with Crippen molar-refractivity contribution in [1.82, 2.24) is 15.2 Å². The van der Waals surface area contributed by atoms with Gasteiger partial charge < -0.3 is 5.32 Å². The average Bonchev–Trinajstić information content (AvgIpc) is 2.56. The van der Waals surface area contributed by atoms with Gasteiger partial charge in [-0.2, -0.15) is 0 Å². The van der Waals surface area contributed by atoms with Crippen molar-refractivity contribution in [1.29, 1.82) is 0 Å². The summed E-state index contributed by atoms with van der Waals surface area (Å²) in [5.74, 6) is 0. The van der Waals surface area contributed by atoms with Gasteiger partial charge in [-0.1, -0.05) is 6.07 Å². The third kappa shape index (κ3) is 2.80. The smallest absolute Gasteiger partial charge is 0.0575 e. The standard InChI is InChI=1S/C13H21N3/c1-11-5-3-6-13(15-11)12(2)16-9-4-7-14-8-10-16/h3,5-6,12,14H,4,7-10H2,1-2H3. The fourth-order valence-corrected chi connectivity index (χ4v) is 2.24. The van der Waals surface area contributed by atoms with Gasteiger partial charge in [-0.05, 0) is 38.9 Å². The molecule has 88 valence electrons. The molecule has 0 spiro atoms. The van der Waals surface area contributed by atoms with Gasteiger partial charge in [-0.3, -0.25) is 9.88 Å². The van der Waals surface area contributed by atoms with Crippen LogP contribution in [0.25, 0.3) is 0 Å². The quantitative estimate of drug-likeness (QED) is 0.821. The highest BCUT2D eigenvalue weighted by atomic mass is 15.2. The Kier molecular flexibility index (Phi) is 3.91. The van der Waals surface area contributed by atoms with Crippen molar-refractivity contribution in [3.05, 3.63) is 29.6 Å². The van der Waals surface area contributed by atoms with Crippen molar-refractivity contribution in [2.75, 3.05) is 26.2 Å². The van der Waals surface area contributed by atoms with Crippen molar-refractivity contribution in [2.45, 2.75) is 26.3 Å². The molecule has 0 saturated carbocycles. The molecule has 0 radical (unpaired) electrons. The minimum absolute atomic E-state index is 0.430. The summed E-state index contributed by atoms with van der Waals surface area (Å²) in [4.78, 5) is 7.13. The zero-order chi connectivity index (χ0) is 11.4. The van der Waals surface area contributed by atoms with Crippen LogP contribution in [0.1, 0.15) is 30.8 Å². The van der Waals surface area contributed by atoms with Gasteiger partial charge in [0.05, 0.1) is 5.69 Å². The van der Waals surface area contributed by atoms with Gasteiger partial charge in [0.1, 0.15) is 0 Å². The Morgan fingerprint density at radius 3 is 3.00 bits per heavy atom. The molecule has 2 rings (SSSR count). The zero-order valence-electron chi connectivity index (χ0n) is 10.2. The van der Waals surface area contributed by atoms with Gasteiger partial charge in [0.2, 0.25) is 0 Å². The van der Waals surface area contributed by atoms with Crippen LogP contribution in [0.3, 0.4) is 0 Å². The van der Waals surface area contributed by atoms with Gasteiger partial charge in [0.25, 0.3) is 0 Å². The first-order valence-electron chi connectivity index (χ1n) is 6.16. The van der Waals surface area contributed by atoms with Crippen LogP contribution in [0, 0.1) is 6.92 Å². The molecule has 0 bridgehead atoms. The van der Waals surface area contributed by atoms with Crippen molar-refractivity contribution >= 4 is 0 Å². The highest BCUT2D eigenvalue weighted by Crippen LogP contribution is 2.18. The van der Waals surface area contributed by atoms with E-state index in [1.807, 2.05) is 0 Å². The van der Waals surface area contributed by atoms with E-state index >= 15 is 0 Å². The molecule has 3 heteroatoms. The predicted octanol–water partition coefficient (Wildman–Crippen LogP) is 1.75. The van der Waals surface area contributed by atoms with Crippen LogP contribution in [0.2, 0.25) is 0 Å². The molecule has 1 atom stereocenters. The molecule has 1 N–H and O–H groups in total. The van der Waals surface area contributed by atoms with Crippen molar-refractivity contribution in [3.8, 4) is 0 Å². The Hall–Kier alpha value is -0.930. The van der Waals surface area contributed by atoms with Crippen molar-refractivity contribution < 1.29 is 0 Å². The Morgan fingerprint density at radius 1 is 1.31 bits per heavy atom. The van der Waals surface area contributed by atoms with E-state index in [0.29, 0.717) is 6.04 Å². The largest absolute Gasteiger partial charge is 0.315 e. The molecule has 1 saturated heterocycles. The number of rotatable bonds is 2. The maximum atomic E-state index is 4.62. The summed E-state index contributed by atoms with van der Waals surface area (Å²) in [6.45, 7) is 8.84. The Morgan fingerprint density at radius 2 is 2.19 bits per heavy atom. The van der Waals surface area contributed by atoms with Crippen LogP contribution in [-0.2, 0) is 0 Å². The molecule has 16 heavy (non-hydrogen) atoms. The van der Waals surface area contributed by atoms with Crippen molar-refractivity contribution in [3.63, 3.8) is 0 Å². The lowest BCUT2D eigenvalue weighted by Gasteiger charge is -2.26. The first-order chi connectivity index (χ1) is 7.77. The maximum Gasteiger partial charge on any atom is 0.0575 e. The summed E-state index contributed by atoms with van der Waals surface area (Å²) in [5, 5.41) is 3.43. The van der Waals surface area contributed by atoms with Crippen LogP contribution >= 0.6 is 0 Å². The summed E-state index contributed by atoms with van der Waals surface area (Å²) < 4.78 is 0. The SMILES string of the molecule is Cc1cccc(C(C)N2CCCNCC2)n1. The third-order valence-corrected chi connectivity index (χ3v) is 3.26. The Balaban J connectivity index is 2.07. The minimum atomic E-state index is 0.430. The number of hydrogen-bond donors (Lipinski definition) is 1. The van der Waals surface area contributed by atoms with Crippen LogP contribution in [0.15, 0.2) is 18.2 Å². The second-order valence-electron chi connectivity index (χ2n) is 4.52. The molecule has 1 aliphatic rings. The molecular weight excluding hydrogens is 198 g/mol. The van der Waals surface area contributed by atoms with Gasteiger partial charge in [-0.15, -0.1) is 0 Å². The van der Waals surface area contributed by atoms with E-state index in [2.05, 4.69) is 47.2 Å². The number of aryl methyl sites for hydroxylation is 1. The number of pyridine rings is 1. The van der Waals surface area contributed by atoms with Gasteiger partial charge in [0.15, 0.2) is 0 Å². The third-order valence-electron chi connectivity index (χ3n) is 3.26. The number of aromatic nitrogens is 1. The highest BCUT2D eigenvalue weighted by Gasteiger charge is 2.17. The Labute approximate surface area is 97.9 Å². The number of nitrogens with one attached hydrogen (secondary N) is 1. The molecule has 1 aliphatic heterocycles. The molecule has 1 fully saturated rings. The van der Waals surface area contributed by atoms with Crippen LogP contribution in [0.5, 0.6) is 0 Å². The van der Waals surface area contributed by atoms with E-state index in [4.69, 9.17) is 0 Å². The molecule has 1 aromatic heterocycles. The lowest BCUT2D eigenvalue weighted by molar-refractivity contribution is 0.221. The normalized spacial score (nSPS) is 20.4. The summed E-state index contributed by atoms with van der Waals surface area (Å²) in [6, 6.07) is 6.72. The Bertz CT molecular complexity index is 330. The molecule has 3 nitrogen and oxygen atoms in total. The fraction of sp³-hybridized carbons (Fsp3) is 0.615. The molecule has 0 aromatic carbocycles. The van der Waals surface area contributed by atoms with Crippen LogP contribution in [-0.4, -0.2) is 36.1 Å². The summed E-state index contributed by atoms with van der Waals surface area (Å²) in [7, 11) is 0. The second kappa shape index (κ2) is 5.41. The maximum absolute atomic E-state index is 4.62. The molecule has 0 amide bonds. The van der Waals surface area contributed by atoms with Gasteiger partial charge >= 0.3 is 0 Å². The first kappa shape index (κ1) is 11.6. The monoisotopic (exact) mass is 219 g/mol. The highest BCUT2D eigenvalue weighted by molar-refractivity contribution is 5.13. The first-order valence-corrected chi connectivity index (χ1v) is 6.16. The number of nitrogens with zero attached hydrogens (tertiary/aromatic N) is 2. The van der Waals surface area contributed by atoms with E-state index < -0.39 is 0 Å². The lowest BCUT2D eigenvalue weighted by Crippen LogP contribution is -2.31. The van der Waals surface area contributed by atoms with E-state index in [1.165, 1.54) is 18.7 Å². The predicted molar refractivity (Wildman–Crippen MR) is 66.4 cm³/mol. The van der Waals surface area contributed by atoms with Gasteiger partial charge in [-0.25, -0.2) is 0 Å². The van der Waals surface area contributed by atoms with Crippen LogP contribution in [0.4, 0.5) is 0 Å². The van der Waals surface area contributed by atoms with E-state index in [1.54, 1.807) is 0 Å². The molecule has 2 heterocycles. The molecule has 1 unspecified atom stereocenters. The molecule has 1 aromatic rings. The lowest BCUT2D eigenvalue weighted by atomic mass is 10.1. The van der Waals surface area contributed by atoms with E-state index in [0.717, 1.165) is 25.3 Å². The second-order valence-corrected chi connectivity index (χ2v) is 4.52. The summed E-state index contributed by atoms with van der Waals surface area (Å²) >= 11 is 0. The number of hydrogen-bond acceptors (Lipinski definition) is 3. The van der Waals surface area contributed by atoms with Crippen molar-refractivity contribution in [2.24, 2.45) is 0 Å². The molecular formula is C13H21N3. The van der Waals surface area contributed by atoms with E-state index in [-0.39, 0.29) is 0 Å². The minimum Gasteiger partial charge on any atom is -0.315 e. The fourth-order valence-electron chi connectivity index (χ4n) is 2.24. The van der Waals surface area contributed by atoms with Gasteiger partial charge in [0, 0.05) is 31.4 Å². The average molecular weight is 219 g/mol. The summed E-state index contributed by atoms with van der Waals surface area (Å²) in [5.41, 5.74) is 2.30. The van der Waals surface area contributed by atoms with E-state index in [9.17, 15) is 0 Å². The van der Waals surface area contributed by atoms with Crippen LogP contribution < -0.4 is 5.32 Å². The molecule has 0 aliphatic carbocycles. The summed E-state index contributed by atoms with van der Waals surface area (Å²) in [6.07, 6.45) is 1.23. The topological polar surface area (TPSA) is 28.2 Å².